The molecule has 7 heteroatoms. The van der Waals surface area contributed by atoms with E-state index in [-0.39, 0.29) is 12.6 Å². The lowest BCUT2D eigenvalue weighted by atomic mass is 10.2. The topological polar surface area (TPSA) is 53.6 Å². The molecule has 0 aliphatic carbocycles. The van der Waals surface area contributed by atoms with E-state index < -0.39 is 18.1 Å². The molecular formula is C11H21F2N3O2. The Bertz CT molecular complexity index is 282. The Morgan fingerprint density at radius 1 is 1.50 bits per heavy atom. The maximum absolute atomic E-state index is 12.2. The number of rotatable bonds is 4. The zero-order valence-corrected chi connectivity index (χ0v) is 11.0. The van der Waals surface area contributed by atoms with Gasteiger partial charge in [-0.25, -0.2) is 19.0 Å². The van der Waals surface area contributed by atoms with E-state index in [9.17, 15) is 13.6 Å². The number of nitrogens with one attached hydrogen (secondary N) is 2. The van der Waals surface area contributed by atoms with Crippen LogP contribution in [-0.4, -0.2) is 48.7 Å². The Morgan fingerprint density at radius 2 is 2.17 bits per heavy atom. The molecule has 0 unspecified atom stereocenters. The van der Waals surface area contributed by atoms with E-state index in [0.717, 1.165) is 6.42 Å². The summed E-state index contributed by atoms with van der Waals surface area (Å²) in [5, 5.41) is 0. The van der Waals surface area contributed by atoms with Crippen molar-refractivity contribution in [2.24, 2.45) is 0 Å². The molecule has 1 atom stereocenters. The average molecular weight is 265 g/mol. The van der Waals surface area contributed by atoms with Crippen LogP contribution in [0.3, 0.4) is 0 Å². The number of hydrazine groups is 1. The number of nitrogens with zero attached hydrogens (tertiary/aromatic N) is 1. The number of amides is 1. The van der Waals surface area contributed by atoms with Gasteiger partial charge in [0.05, 0.1) is 6.54 Å². The fraction of sp³-hybridized carbons (Fsp3) is 0.909. The van der Waals surface area contributed by atoms with Crippen LogP contribution in [0.4, 0.5) is 13.6 Å². The van der Waals surface area contributed by atoms with Crippen molar-refractivity contribution in [1.29, 1.82) is 0 Å². The van der Waals surface area contributed by atoms with Gasteiger partial charge in [0.2, 0.25) is 0 Å². The van der Waals surface area contributed by atoms with Gasteiger partial charge in [-0.1, -0.05) is 0 Å². The van der Waals surface area contributed by atoms with E-state index in [1.807, 2.05) is 0 Å². The van der Waals surface area contributed by atoms with Gasteiger partial charge in [-0.15, -0.1) is 0 Å². The molecule has 5 nitrogen and oxygen atoms in total. The molecule has 1 aliphatic heterocycles. The molecule has 2 N–H and O–H groups in total. The lowest BCUT2D eigenvalue weighted by molar-refractivity contribution is 0.0485. The summed E-state index contributed by atoms with van der Waals surface area (Å²) in [6.45, 7) is 6.20. The molecule has 18 heavy (non-hydrogen) atoms. The Balaban J connectivity index is 2.19. The fourth-order valence-electron chi connectivity index (χ4n) is 1.78. The smallest absolute Gasteiger partial charge is 0.422 e. The summed E-state index contributed by atoms with van der Waals surface area (Å²) in [7, 11) is 0. The van der Waals surface area contributed by atoms with Gasteiger partial charge >= 0.3 is 6.09 Å². The molecule has 0 aromatic carbocycles. The maximum atomic E-state index is 12.2. The van der Waals surface area contributed by atoms with Gasteiger partial charge in [0.25, 0.3) is 6.43 Å². The van der Waals surface area contributed by atoms with Crippen molar-refractivity contribution < 1.29 is 18.3 Å². The van der Waals surface area contributed by atoms with Gasteiger partial charge in [-0.3, -0.25) is 10.3 Å². The fourth-order valence-corrected chi connectivity index (χ4v) is 1.78. The van der Waals surface area contributed by atoms with E-state index in [0.29, 0.717) is 13.1 Å². The first-order chi connectivity index (χ1) is 8.26. The zero-order chi connectivity index (χ0) is 13.8. The minimum absolute atomic E-state index is 0.0173. The van der Waals surface area contributed by atoms with Crippen molar-refractivity contribution in [3.8, 4) is 0 Å². The first-order valence-electron chi connectivity index (χ1n) is 6.01. The molecule has 106 valence electrons. The highest BCUT2D eigenvalue weighted by Crippen LogP contribution is 2.10. The predicted octanol–water partition coefficient (Wildman–Crippen LogP) is 1.36. The molecule has 1 amide bonds. The van der Waals surface area contributed by atoms with E-state index in [1.54, 1.807) is 25.7 Å². The molecular weight excluding hydrogens is 244 g/mol. The summed E-state index contributed by atoms with van der Waals surface area (Å²) in [5.41, 5.74) is 4.67. The highest BCUT2D eigenvalue weighted by Gasteiger charge is 2.25. The van der Waals surface area contributed by atoms with Crippen LogP contribution in [0.5, 0.6) is 0 Å². The lowest BCUT2D eigenvalue weighted by Crippen LogP contribution is -2.47. The molecule has 1 saturated heterocycles. The van der Waals surface area contributed by atoms with Crippen LogP contribution in [0.25, 0.3) is 0 Å². The number of likely N-dealkylation sites (tertiary alicyclic amines) is 1. The molecule has 0 aromatic heterocycles. The van der Waals surface area contributed by atoms with Crippen molar-refractivity contribution in [2.45, 2.75) is 45.3 Å². The molecule has 0 aromatic rings. The van der Waals surface area contributed by atoms with Gasteiger partial charge in [-0.05, 0) is 27.2 Å². The monoisotopic (exact) mass is 265 g/mol. The number of ether oxygens (including phenoxy) is 1. The van der Waals surface area contributed by atoms with Crippen LogP contribution >= 0.6 is 0 Å². The number of hydrogen-bond acceptors (Lipinski definition) is 4. The van der Waals surface area contributed by atoms with E-state index in [4.69, 9.17) is 4.74 Å². The second-order valence-corrected chi connectivity index (χ2v) is 5.41. The Labute approximate surface area is 106 Å². The second-order valence-electron chi connectivity index (χ2n) is 5.41. The third kappa shape index (κ3) is 6.11. The number of carbonyl (C=O) groups is 1. The van der Waals surface area contributed by atoms with E-state index in [2.05, 4.69) is 10.9 Å². The molecule has 0 saturated carbocycles. The van der Waals surface area contributed by atoms with Crippen LogP contribution in [0.15, 0.2) is 0 Å². The summed E-state index contributed by atoms with van der Waals surface area (Å²) in [6, 6.07) is -0.0173. The normalized spacial score (nSPS) is 21.3. The van der Waals surface area contributed by atoms with E-state index >= 15 is 0 Å². The summed E-state index contributed by atoms with van der Waals surface area (Å²) in [4.78, 5) is 13.0. The minimum atomic E-state index is -2.32. The molecule has 0 spiro atoms. The largest absolute Gasteiger partial charge is 0.443 e. The quantitative estimate of drug-likeness (QED) is 0.754. The third-order valence-corrected chi connectivity index (χ3v) is 2.45. The average Bonchev–Trinajstić information content (AvgIpc) is 2.59. The van der Waals surface area contributed by atoms with Gasteiger partial charge in [-0.2, -0.15) is 0 Å². The number of halogens is 2. The van der Waals surface area contributed by atoms with Crippen molar-refractivity contribution >= 4 is 6.09 Å². The van der Waals surface area contributed by atoms with E-state index in [1.165, 1.54) is 0 Å². The second kappa shape index (κ2) is 6.29. The zero-order valence-electron chi connectivity index (χ0n) is 11.0. The van der Waals surface area contributed by atoms with Crippen LogP contribution in [0, 0.1) is 0 Å². The highest BCUT2D eigenvalue weighted by atomic mass is 19.3. The van der Waals surface area contributed by atoms with Crippen molar-refractivity contribution in [1.82, 2.24) is 15.8 Å². The van der Waals surface area contributed by atoms with Gasteiger partial charge in [0.1, 0.15) is 5.60 Å². The maximum Gasteiger partial charge on any atom is 0.422 e. The molecule has 1 rings (SSSR count). The summed E-state index contributed by atoms with van der Waals surface area (Å²) < 4.78 is 29.4. The van der Waals surface area contributed by atoms with Crippen molar-refractivity contribution in [3.05, 3.63) is 0 Å². The van der Waals surface area contributed by atoms with Crippen molar-refractivity contribution in [3.63, 3.8) is 0 Å². The van der Waals surface area contributed by atoms with Crippen LogP contribution in [0.2, 0.25) is 0 Å². The molecule has 1 heterocycles. The highest BCUT2D eigenvalue weighted by molar-refractivity contribution is 5.67. The summed E-state index contributed by atoms with van der Waals surface area (Å²) >= 11 is 0. The third-order valence-electron chi connectivity index (χ3n) is 2.45. The predicted molar refractivity (Wildman–Crippen MR) is 63.4 cm³/mol. The summed E-state index contributed by atoms with van der Waals surface area (Å²) in [6.07, 6.45) is -2.15. The van der Waals surface area contributed by atoms with Crippen molar-refractivity contribution in [2.75, 3.05) is 19.6 Å². The number of hydrogen-bond donors (Lipinski definition) is 2. The lowest BCUT2D eigenvalue weighted by Gasteiger charge is -2.21. The molecule has 1 fully saturated rings. The molecule has 0 radical (unpaired) electrons. The van der Waals surface area contributed by atoms with Gasteiger partial charge in [0, 0.05) is 19.1 Å². The summed E-state index contributed by atoms with van der Waals surface area (Å²) in [5.74, 6) is 0. The molecule has 1 aliphatic rings. The first kappa shape index (κ1) is 15.1. The van der Waals surface area contributed by atoms with Crippen LogP contribution < -0.4 is 10.9 Å². The van der Waals surface area contributed by atoms with Gasteiger partial charge < -0.3 is 4.74 Å². The number of alkyl halides is 2. The Morgan fingerprint density at radius 3 is 2.72 bits per heavy atom. The van der Waals surface area contributed by atoms with Crippen LogP contribution in [-0.2, 0) is 4.74 Å². The van der Waals surface area contributed by atoms with Crippen LogP contribution in [0.1, 0.15) is 27.2 Å². The minimum Gasteiger partial charge on any atom is -0.443 e. The Hall–Kier alpha value is -0.950. The Kier molecular flexibility index (Phi) is 5.28. The van der Waals surface area contributed by atoms with Gasteiger partial charge in [0.15, 0.2) is 0 Å². The standard InChI is InChI=1S/C11H21F2N3O2/c1-11(2,3)18-10(17)15-14-8-4-5-16(6-8)7-9(12)13/h8-9,14H,4-7H2,1-3H3,(H,15,17)/t8-/m0/s1. The SMILES string of the molecule is CC(C)(C)OC(=O)NN[C@H]1CCN(CC(F)F)C1. The first-order valence-corrected chi connectivity index (χ1v) is 6.01. The molecule has 0 bridgehead atoms. The number of carbonyl (C=O) groups excluding carboxylic acids is 1.